The van der Waals surface area contributed by atoms with Gasteiger partial charge in [-0.05, 0) is 38.3 Å². The standard InChI is InChI=1S/C14H17NO3S/c1-10-3-5-13(6-4-10)19(17,18)15-8-12-7-14(12,9-15)11(2)16/h3-6,12H,7-9H2,1-2H3/t12-,14+/m1/s1. The molecule has 1 saturated carbocycles. The Kier molecular flexibility index (Phi) is 2.63. The van der Waals surface area contributed by atoms with Gasteiger partial charge in [0.25, 0.3) is 0 Å². The van der Waals surface area contributed by atoms with Gasteiger partial charge in [0.1, 0.15) is 5.78 Å². The molecule has 1 aliphatic heterocycles. The lowest BCUT2D eigenvalue weighted by Gasteiger charge is -2.19. The summed E-state index contributed by atoms with van der Waals surface area (Å²) in [4.78, 5) is 12.0. The van der Waals surface area contributed by atoms with E-state index in [1.54, 1.807) is 31.2 Å². The van der Waals surface area contributed by atoms with E-state index in [1.807, 2.05) is 6.92 Å². The quantitative estimate of drug-likeness (QED) is 0.844. The molecule has 1 aromatic rings. The number of Topliss-reactive ketones (excluding diaryl/α,β-unsaturated/α-hetero) is 1. The summed E-state index contributed by atoms with van der Waals surface area (Å²) in [6, 6.07) is 6.86. The summed E-state index contributed by atoms with van der Waals surface area (Å²) in [5, 5.41) is 0. The van der Waals surface area contributed by atoms with E-state index in [2.05, 4.69) is 0 Å². The van der Waals surface area contributed by atoms with E-state index < -0.39 is 10.0 Å². The minimum absolute atomic E-state index is 0.124. The van der Waals surface area contributed by atoms with Crippen molar-refractivity contribution in [2.24, 2.45) is 11.3 Å². The molecule has 0 unspecified atom stereocenters. The van der Waals surface area contributed by atoms with Gasteiger partial charge in [-0.2, -0.15) is 4.31 Å². The van der Waals surface area contributed by atoms with Gasteiger partial charge in [0.05, 0.1) is 4.90 Å². The van der Waals surface area contributed by atoms with Gasteiger partial charge in [-0.1, -0.05) is 17.7 Å². The van der Waals surface area contributed by atoms with Crippen LogP contribution in [0.3, 0.4) is 0 Å². The average molecular weight is 279 g/mol. The normalized spacial score (nSPS) is 30.1. The van der Waals surface area contributed by atoms with Crippen molar-refractivity contribution in [3.05, 3.63) is 29.8 Å². The second-order valence-electron chi connectivity index (χ2n) is 5.72. The third-order valence-electron chi connectivity index (χ3n) is 4.47. The maximum Gasteiger partial charge on any atom is 0.243 e. The predicted molar refractivity (Wildman–Crippen MR) is 71.2 cm³/mol. The van der Waals surface area contributed by atoms with E-state index >= 15 is 0 Å². The van der Waals surface area contributed by atoms with Crippen LogP contribution in [-0.2, 0) is 14.8 Å². The Morgan fingerprint density at radius 3 is 2.47 bits per heavy atom. The molecule has 5 heteroatoms. The number of ketones is 1. The smallest absolute Gasteiger partial charge is 0.243 e. The highest BCUT2D eigenvalue weighted by Gasteiger charge is 2.64. The van der Waals surface area contributed by atoms with Crippen LogP contribution in [0, 0.1) is 18.3 Å². The van der Waals surface area contributed by atoms with E-state index in [0.29, 0.717) is 18.0 Å². The first-order valence-electron chi connectivity index (χ1n) is 6.44. The Morgan fingerprint density at radius 1 is 1.32 bits per heavy atom. The van der Waals surface area contributed by atoms with Gasteiger partial charge in [0.15, 0.2) is 0 Å². The number of hydrogen-bond donors (Lipinski definition) is 0. The number of sulfonamides is 1. The fourth-order valence-corrected chi connectivity index (χ4v) is 4.58. The van der Waals surface area contributed by atoms with E-state index in [9.17, 15) is 13.2 Å². The topological polar surface area (TPSA) is 54.5 Å². The van der Waals surface area contributed by atoms with E-state index in [4.69, 9.17) is 0 Å². The van der Waals surface area contributed by atoms with Gasteiger partial charge in [0, 0.05) is 18.5 Å². The van der Waals surface area contributed by atoms with Crippen LogP contribution < -0.4 is 0 Å². The largest absolute Gasteiger partial charge is 0.299 e. The first-order chi connectivity index (χ1) is 8.86. The van der Waals surface area contributed by atoms with Crippen molar-refractivity contribution in [3.63, 3.8) is 0 Å². The minimum Gasteiger partial charge on any atom is -0.299 e. The molecule has 2 aliphatic rings. The Labute approximate surface area is 113 Å². The van der Waals surface area contributed by atoms with Crippen molar-refractivity contribution >= 4 is 15.8 Å². The summed E-state index contributed by atoms with van der Waals surface area (Å²) in [6.07, 6.45) is 0.849. The molecule has 1 aromatic carbocycles. The lowest BCUT2D eigenvalue weighted by molar-refractivity contribution is -0.121. The molecule has 0 aromatic heterocycles. The number of nitrogens with zero attached hydrogens (tertiary/aromatic N) is 1. The highest BCUT2D eigenvalue weighted by molar-refractivity contribution is 7.89. The van der Waals surface area contributed by atoms with Gasteiger partial charge in [-0.25, -0.2) is 8.42 Å². The van der Waals surface area contributed by atoms with Crippen LogP contribution in [0.15, 0.2) is 29.2 Å². The molecule has 1 saturated heterocycles. The van der Waals surface area contributed by atoms with E-state index in [-0.39, 0.29) is 17.1 Å². The van der Waals surface area contributed by atoms with Gasteiger partial charge >= 0.3 is 0 Å². The highest BCUT2D eigenvalue weighted by Crippen LogP contribution is 2.59. The molecule has 3 rings (SSSR count). The summed E-state index contributed by atoms with van der Waals surface area (Å²) in [5.74, 6) is 0.351. The predicted octanol–water partition coefficient (Wildman–Crippen LogP) is 1.59. The Morgan fingerprint density at radius 2 is 1.95 bits per heavy atom. The van der Waals surface area contributed by atoms with Crippen LogP contribution in [0.5, 0.6) is 0 Å². The zero-order valence-corrected chi connectivity index (χ0v) is 11.9. The van der Waals surface area contributed by atoms with Crippen LogP contribution in [0.25, 0.3) is 0 Å². The average Bonchev–Trinajstić information content (AvgIpc) is 2.93. The number of carbonyl (C=O) groups excluding carboxylic acids is 1. The molecule has 0 spiro atoms. The first-order valence-corrected chi connectivity index (χ1v) is 7.88. The summed E-state index contributed by atoms with van der Waals surface area (Å²) < 4.78 is 26.4. The molecule has 0 bridgehead atoms. The van der Waals surface area contributed by atoms with E-state index in [1.165, 1.54) is 4.31 Å². The van der Waals surface area contributed by atoms with Crippen molar-refractivity contribution in [2.75, 3.05) is 13.1 Å². The molecule has 1 aliphatic carbocycles. The second-order valence-corrected chi connectivity index (χ2v) is 7.66. The number of aryl methyl sites for hydroxylation is 1. The zero-order valence-electron chi connectivity index (χ0n) is 11.1. The van der Waals surface area contributed by atoms with Crippen molar-refractivity contribution < 1.29 is 13.2 Å². The molecule has 4 nitrogen and oxygen atoms in total. The van der Waals surface area contributed by atoms with E-state index in [0.717, 1.165) is 12.0 Å². The third-order valence-corrected chi connectivity index (χ3v) is 6.30. The van der Waals surface area contributed by atoms with Gasteiger partial charge in [-0.3, -0.25) is 4.79 Å². The van der Waals surface area contributed by atoms with Crippen molar-refractivity contribution in [3.8, 4) is 0 Å². The minimum atomic E-state index is -3.45. The summed E-state index contributed by atoms with van der Waals surface area (Å²) in [6.45, 7) is 4.33. The molecular weight excluding hydrogens is 262 g/mol. The number of carbonyl (C=O) groups is 1. The van der Waals surface area contributed by atoms with Crippen molar-refractivity contribution in [1.29, 1.82) is 0 Å². The van der Waals surface area contributed by atoms with Gasteiger partial charge in [-0.15, -0.1) is 0 Å². The SMILES string of the molecule is CC(=O)[C@@]12C[C@@H]1CN(S(=O)(=O)c1ccc(C)cc1)C2. The number of fused-ring (bicyclic) bond motifs is 1. The maximum absolute atomic E-state index is 12.5. The Bertz CT molecular complexity index is 635. The van der Waals surface area contributed by atoms with Crippen molar-refractivity contribution in [1.82, 2.24) is 4.31 Å². The second kappa shape index (κ2) is 3.90. The lowest BCUT2D eigenvalue weighted by atomic mass is 10.0. The lowest BCUT2D eigenvalue weighted by Crippen LogP contribution is -2.33. The van der Waals surface area contributed by atoms with Crippen LogP contribution in [0.1, 0.15) is 18.9 Å². The first kappa shape index (κ1) is 12.8. The molecular formula is C14H17NO3S. The highest BCUT2D eigenvalue weighted by atomic mass is 32.2. The summed E-state index contributed by atoms with van der Waals surface area (Å²) >= 11 is 0. The molecule has 0 amide bonds. The number of piperidine rings is 1. The Hall–Kier alpha value is -1.20. The molecule has 0 radical (unpaired) electrons. The molecule has 102 valence electrons. The number of rotatable bonds is 3. The number of benzene rings is 1. The van der Waals surface area contributed by atoms with Crippen molar-refractivity contribution in [2.45, 2.75) is 25.2 Å². The Balaban J connectivity index is 1.88. The molecule has 2 fully saturated rings. The zero-order chi connectivity index (χ0) is 13.8. The molecule has 2 atom stereocenters. The fourth-order valence-electron chi connectivity index (χ4n) is 3.02. The maximum atomic E-state index is 12.5. The molecule has 1 heterocycles. The molecule has 19 heavy (non-hydrogen) atoms. The number of hydrogen-bond acceptors (Lipinski definition) is 3. The fraction of sp³-hybridized carbons (Fsp3) is 0.500. The van der Waals surface area contributed by atoms with Gasteiger partial charge in [0.2, 0.25) is 10.0 Å². The monoisotopic (exact) mass is 279 g/mol. The summed E-state index contributed by atoms with van der Waals surface area (Å²) in [5.41, 5.74) is 0.654. The van der Waals surface area contributed by atoms with Gasteiger partial charge < -0.3 is 0 Å². The molecule has 0 N–H and O–H groups in total. The third kappa shape index (κ3) is 1.83. The van der Waals surface area contributed by atoms with Crippen LogP contribution in [0.4, 0.5) is 0 Å². The van der Waals surface area contributed by atoms with Crippen LogP contribution >= 0.6 is 0 Å². The van der Waals surface area contributed by atoms with Crippen LogP contribution in [0.2, 0.25) is 0 Å². The summed E-state index contributed by atoms with van der Waals surface area (Å²) in [7, 11) is -3.45. The van der Waals surface area contributed by atoms with Crippen LogP contribution in [-0.4, -0.2) is 31.6 Å².